The average Bonchev–Trinajstić information content (AvgIpc) is 2.23. The summed E-state index contributed by atoms with van der Waals surface area (Å²) in [7, 11) is 0. The number of aliphatic hydroxyl groups excluding tert-OH is 2. The van der Waals surface area contributed by atoms with Crippen LogP contribution in [0.3, 0.4) is 0 Å². The van der Waals surface area contributed by atoms with Gasteiger partial charge in [-0.2, -0.15) is 0 Å². The first kappa shape index (κ1) is 13.9. The van der Waals surface area contributed by atoms with Gasteiger partial charge in [-0.3, -0.25) is 4.90 Å². The number of hydrogen-bond donors (Lipinski definition) is 2. The maximum Gasteiger partial charge on any atom is 0.0496 e. The minimum absolute atomic E-state index is 0.0189. The fraction of sp³-hybridized carbons (Fsp3) is 1.00. The second-order valence-corrected chi connectivity index (χ2v) is 5.45. The molecule has 0 heterocycles. The SMILES string of the molecule is CCC(C)(CO)CN(CCCO)C1CCC1. The summed E-state index contributed by atoms with van der Waals surface area (Å²) in [6.45, 7) is 6.75. The van der Waals surface area contributed by atoms with Crippen LogP contribution in [0.1, 0.15) is 46.0 Å². The number of aliphatic hydroxyl groups is 2. The predicted molar refractivity (Wildman–Crippen MR) is 66.4 cm³/mol. The van der Waals surface area contributed by atoms with E-state index in [4.69, 9.17) is 5.11 Å². The van der Waals surface area contributed by atoms with Crippen molar-refractivity contribution in [3.63, 3.8) is 0 Å². The summed E-state index contributed by atoms with van der Waals surface area (Å²) in [5.41, 5.74) is 0.0189. The first-order valence-electron chi connectivity index (χ1n) is 6.61. The van der Waals surface area contributed by atoms with Gasteiger partial charge in [0.2, 0.25) is 0 Å². The molecular formula is C13H27NO2. The minimum Gasteiger partial charge on any atom is -0.396 e. The molecule has 0 spiro atoms. The second kappa shape index (κ2) is 6.58. The van der Waals surface area contributed by atoms with Gasteiger partial charge in [-0.15, -0.1) is 0 Å². The maximum atomic E-state index is 9.46. The van der Waals surface area contributed by atoms with Crippen molar-refractivity contribution in [3.8, 4) is 0 Å². The van der Waals surface area contributed by atoms with Gasteiger partial charge in [0.1, 0.15) is 0 Å². The number of rotatable bonds is 8. The largest absolute Gasteiger partial charge is 0.396 e. The lowest BCUT2D eigenvalue weighted by Crippen LogP contribution is -2.47. The molecule has 1 unspecified atom stereocenters. The Labute approximate surface area is 99.5 Å². The molecule has 0 radical (unpaired) electrons. The smallest absolute Gasteiger partial charge is 0.0496 e. The Morgan fingerprint density at radius 1 is 1.31 bits per heavy atom. The quantitative estimate of drug-likeness (QED) is 0.665. The fourth-order valence-corrected chi connectivity index (χ4v) is 2.18. The van der Waals surface area contributed by atoms with Crippen molar-refractivity contribution in [1.82, 2.24) is 4.90 Å². The van der Waals surface area contributed by atoms with Crippen LogP contribution in [0.25, 0.3) is 0 Å². The molecule has 96 valence electrons. The van der Waals surface area contributed by atoms with Gasteiger partial charge in [0.25, 0.3) is 0 Å². The van der Waals surface area contributed by atoms with Gasteiger partial charge in [0.05, 0.1) is 0 Å². The van der Waals surface area contributed by atoms with Crippen LogP contribution in [-0.2, 0) is 0 Å². The zero-order chi connectivity index (χ0) is 12.0. The topological polar surface area (TPSA) is 43.7 Å². The minimum atomic E-state index is 0.0189. The van der Waals surface area contributed by atoms with E-state index in [1.54, 1.807) is 0 Å². The van der Waals surface area contributed by atoms with Crippen LogP contribution in [0, 0.1) is 5.41 Å². The molecule has 3 heteroatoms. The Balaban J connectivity index is 2.47. The van der Waals surface area contributed by atoms with Gasteiger partial charge >= 0.3 is 0 Å². The molecule has 0 aromatic rings. The van der Waals surface area contributed by atoms with Crippen molar-refractivity contribution in [2.75, 3.05) is 26.3 Å². The van der Waals surface area contributed by atoms with Crippen molar-refractivity contribution < 1.29 is 10.2 Å². The Morgan fingerprint density at radius 2 is 2.00 bits per heavy atom. The lowest BCUT2D eigenvalue weighted by Gasteiger charge is -2.42. The molecular weight excluding hydrogens is 202 g/mol. The van der Waals surface area contributed by atoms with E-state index >= 15 is 0 Å². The van der Waals surface area contributed by atoms with Gasteiger partial charge < -0.3 is 10.2 Å². The van der Waals surface area contributed by atoms with E-state index in [2.05, 4.69) is 18.7 Å². The lowest BCUT2D eigenvalue weighted by atomic mass is 9.84. The van der Waals surface area contributed by atoms with Crippen LogP contribution < -0.4 is 0 Å². The summed E-state index contributed by atoms with van der Waals surface area (Å²) in [6, 6.07) is 0.698. The summed E-state index contributed by atoms with van der Waals surface area (Å²) < 4.78 is 0. The molecule has 0 bridgehead atoms. The molecule has 0 aromatic heterocycles. The van der Waals surface area contributed by atoms with Crippen LogP contribution in [0.15, 0.2) is 0 Å². The number of nitrogens with zero attached hydrogens (tertiary/aromatic N) is 1. The van der Waals surface area contributed by atoms with E-state index in [0.29, 0.717) is 6.04 Å². The molecule has 0 amide bonds. The highest BCUT2D eigenvalue weighted by Gasteiger charge is 2.30. The first-order valence-corrected chi connectivity index (χ1v) is 6.61. The molecule has 1 saturated carbocycles. The molecule has 3 nitrogen and oxygen atoms in total. The Morgan fingerprint density at radius 3 is 2.38 bits per heavy atom. The first-order chi connectivity index (χ1) is 7.65. The second-order valence-electron chi connectivity index (χ2n) is 5.45. The molecule has 1 atom stereocenters. The summed E-state index contributed by atoms with van der Waals surface area (Å²) >= 11 is 0. The normalized spacial score (nSPS) is 20.8. The summed E-state index contributed by atoms with van der Waals surface area (Å²) in [4.78, 5) is 2.47. The van der Waals surface area contributed by atoms with Gasteiger partial charge in [-0.1, -0.05) is 20.3 Å². The van der Waals surface area contributed by atoms with Crippen LogP contribution >= 0.6 is 0 Å². The zero-order valence-corrected chi connectivity index (χ0v) is 10.8. The molecule has 2 N–H and O–H groups in total. The number of hydrogen-bond acceptors (Lipinski definition) is 3. The van der Waals surface area contributed by atoms with E-state index in [-0.39, 0.29) is 18.6 Å². The van der Waals surface area contributed by atoms with Crippen LogP contribution in [0.5, 0.6) is 0 Å². The third-order valence-corrected chi connectivity index (χ3v) is 4.01. The maximum absolute atomic E-state index is 9.46. The van der Waals surface area contributed by atoms with Crippen LogP contribution in [0.4, 0.5) is 0 Å². The Hall–Kier alpha value is -0.120. The van der Waals surface area contributed by atoms with E-state index in [9.17, 15) is 5.11 Å². The van der Waals surface area contributed by atoms with Crippen LogP contribution in [-0.4, -0.2) is 47.5 Å². The van der Waals surface area contributed by atoms with Gasteiger partial charge in [0, 0.05) is 37.8 Å². The summed E-state index contributed by atoms with van der Waals surface area (Å²) in [5, 5.41) is 18.4. The monoisotopic (exact) mass is 229 g/mol. The van der Waals surface area contributed by atoms with E-state index in [1.165, 1.54) is 19.3 Å². The molecule has 0 aliphatic heterocycles. The van der Waals surface area contributed by atoms with Crippen molar-refractivity contribution >= 4 is 0 Å². The lowest BCUT2D eigenvalue weighted by molar-refractivity contribution is 0.0363. The van der Waals surface area contributed by atoms with E-state index in [1.807, 2.05) is 0 Å². The third-order valence-electron chi connectivity index (χ3n) is 4.01. The molecule has 1 aliphatic rings. The Bertz CT molecular complexity index is 188. The molecule has 1 aliphatic carbocycles. The molecule has 16 heavy (non-hydrogen) atoms. The van der Waals surface area contributed by atoms with Crippen LogP contribution in [0.2, 0.25) is 0 Å². The van der Waals surface area contributed by atoms with Crippen molar-refractivity contribution in [2.45, 2.75) is 52.0 Å². The highest BCUT2D eigenvalue weighted by molar-refractivity contribution is 4.85. The molecule has 1 fully saturated rings. The van der Waals surface area contributed by atoms with Crippen molar-refractivity contribution in [3.05, 3.63) is 0 Å². The highest BCUT2D eigenvalue weighted by Crippen LogP contribution is 2.29. The van der Waals surface area contributed by atoms with E-state index < -0.39 is 0 Å². The molecule has 1 rings (SSSR count). The Kier molecular flexibility index (Phi) is 5.73. The summed E-state index contributed by atoms with van der Waals surface area (Å²) in [5.74, 6) is 0. The van der Waals surface area contributed by atoms with Gasteiger partial charge in [-0.25, -0.2) is 0 Å². The average molecular weight is 229 g/mol. The summed E-state index contributed by atoms with van der Waals surface area (Å²) in [6.07, 6.45) is 5.77. The standard InChI is InChI=1S/C13H27NO2/c1-3-13(2,11-16)10-14(8-5-9-15)12-6-4-7-12/h12,15-16H,3-11H2,1-2H3. The van der Waals surface area contributed by atoms with E-state index in [0.717, 1.165) is 25.9 Å². The highest BCUT2D eigenvalue weighted by atomic mass is 16.3. The van der Waals surface area contributed by atoms with Gasteiger partial charge in [0.15, 0.2) is 0 Å². The van der Waals surface area contributed by atoms with Crippen molar-refractivity contribution in [1.29, 1.82) is 0 Å². The third kappa shape index (κ3) is 3.72. The molecule has 0 aromatic carbocycles. The van der Waals surface area contributed by atoms with Crippen molar-refractivity contribution in [2.24, 2.45) is 5.41 Å². The predicted octanol–water partition coefficient (Wildman–Crippen LogP) is 1.63. The zero-order valence-electron chi connectivity index (χ0n) is 10.8. The van der Waals surface area contributed by atoms with Gasteiger partial charge in [-0.05, 0) is 25.7 Å². The molecule has 0 saturated heterocycles. The fourth-order valence-electron chi connectivity index (χ4n) is 2.18.